The van der Waals surface area contributed by atoms with Crippen molar-refractivity contribution in [2.75, 3.05) is 19.5 Å². The predicted molar refractivity (Wildman–Crippen MR) is 83.3 cm³/mol. The van der Waals surface area contributed by atoms with Crippen LogP contribution >= 0.6 is 0 Å². The molecule has 0 radical (unpaired) electrons. The van der Waals surface area contributed by atoms with Crippen LogP contribution in [0.25, 0.3) is 0 Å². The zero-order valence-corrected chi connectivity index (χ0v) is 13.0. The number of urea groups is 1. The highest BCUT2D eigenvalue weighted by Gasteiger charge is 2.22. The Labute approximate surface area is 130 Å². The molecule has 1 fully saturated rings. The molecule has 0 bridgehead atoms. The number of hydrogen-bond acceptors (Lipinski definition) is 4. The van der Waals surface area contributed by atoms with Crippen LogP contribution in [-0.2, 0) is 4.79 Å². The third-order valence-corrected chi connectivity index (χ3v) is 3.85. The monoisotopic (exact) mass is 306 g/mol. The van der Waals surface area contributed by atoms with Gasteiger partial charge < -0.3 is 14.8 Å². The molecule has 0 spiro atoms. The molecule has 6 nitrogen and oxygen atoms in total. The first-order valence-corrected chi connectivity index (χ1v) is 7.48. The van der Waals surface area contributed by atoms with Crippen molar-refractivity contribution in [1.82, 2.24) is 5.32 Å². The smallest absolute Gasteiger partial charge is 0.325 e. The second kappa shape index (κ2) is 7.68. The first-order chi connectivity index (χ1) is 10.6. The Morgan fingerprint density at radius 3 is 2.36 bits per heavy atom. The molecule has 3 amide bonds. The van der Waals surface area contributed by atoms with E-state index in [1.807, 2.05) is 0 Å². The normalized spacial score (nSPS) is 15.0. The summed E-state index contributed by atoms with van der Waals surface area (Å²) >= 11 is 0. The minimum atomic E-state index is -0.525. The topological polar surface area (TPSA) is 76.7 Å². The number of hydrogen-bond donors (Lipinski definition) is 2. The van der Waals surface area contributed by atoms with E-state index < -0.39 is 6.03 Å². The van der Waals surface area contributed by atoms with E-state index in [1.165, 1.54) is 13.5 Å². The van der Waals surface area contributed by atoms with Gasteiger partial charge in [0.2, 0.25) is 5.91 Å². The van der Waals surface area contributed by atoms with E-state index in [9.17, 15) is 9.59 Å². The van der Waals surface area contributed by atoms with Gasteiger partial charge in [-0.2, -0.15) is 0 Å². The van der Waals surface area contributed by atoms with E-state index in [1.54, 1.807) is 25.3 Å². The number of benzene rings is 1. The Morgan fingerprint density at radius 1 is 1.05 bits per heavy atom. The maximum absolute atomic E-state index is 12.0. The molecule has 0 aliphatic heterocycles. The number of amides is 3. The summed E-state index contributed by atoms with van der Waals surface area (Å²) in [4.78, 5) is 23.9. The summed E-state index contributed by atoms with van der Waals surface area (Å²) in [5.41, 5.74) is 0.534. The lowest BCUT2D eigenvalue weighted by atomic mass is 9.89. The van der Waals surface area contributed by atoms with Gasteiger partial charge in [0, 0.05) is 17.7 Å². The summed E-state index contributed by atoms with van der Waals surface area (Å²) in [6.07, 6.45) is 4.98. The molecule has 1 aromatic rings. The van der Waals surface area contributed by atoms with Gasteiger partial charge in [-0.1, -0.05) is 19.3 Å². The summed E-state index contributed by atoms with van der Waals surface area (Å²) < 4.78 is 10.3. The quantitative estimate of drug-likeness (QED) is 0.896. The molecule has 1 aliphatic carbocycles. The van der Waals surface area contributed by atoms with Gasteiger partial charge in [0.05, 0.1) is 14.2 Å². The summed E-state index contributed by atoms with van der Waals surface area (Å²) in [6, 6.07) is 4.50. The number of nitrogens with one attached hydrogen (secondary N) is 2. The average molecular weight is 306 g/mol. The Bertz CT molecular complexity index is 539. The zero-order valence-electron chi connectivity index (χ0n) is 13.0. The van der Waals surface area contributed by atoms with Crippen molar-refractivity contribution in [2.45, 2.75) is 32.1 Å². The second-order valence-corrected chi connectivity index (χ2v) is 5.35. The molecule has 2 N–H and O–H groups in total. The highest BCUT2D eigenvalue weighted by atomic mass is 16.5. The van der Waals surface area contributed by atoms with E-state index in [4.69, 9.17) is 9.47 Å². The van der Waals surface area contributed by atoms with Crippen LogP contribution in [0.5, 0.6) is 11.5 Å². The highest BCUT2D eigenvalue weighted by molar-refractivity contribution is 6.02. The van der Waals surface area contributed by atoms with E-state index >= 15 is 0 Å². The van der Waals surface area contributed by atoms with Crippen molar-refractivity contribution < 1.29 is 19.1 Å². The van der Waals surface area contributed by atoms with E-state index in [0.717, 1.165) is 25.7 Å². The molecular formula is C16H22N2O4. The third-order valence-electron chi connectivity index (χ3n) is 3.85. The number of carbonyl (C=O) groups is 2. The van der Waals surface area contributed by atoms with Crippen molar-refractivity contribution in [1.29, 1.82) is 0 Å². The molecule has 0 unspecified atom stereocenters. The van der Waals surface area contributed by atoms with Crippen LogP contribution in [0.4, 0.5) is 10.5 Å². The van der Waals surface area contributed by atoms with Crippen molar-refractivity contribution in [3.63, 3.8) is 0 Å². The molecule has 1 aromatic carbocycles. The minimum Gasteiger partial charge on any atom is -0.493 e. The van der Waals surface area contributed by atoms with Gasteiger partial charge in [-0.05, 0) is 25.0 Å². The molecule has 22 heavy (non-hydrogen) atoms. The maximum atomic E-state index is 12.0. The fourth-order valence-corrected chi connectivity index (χ4v) is 2.66. The lowest BCUT2D eigenvalue weighted by Crippen LogP contribution is -2.39. The summed E-state index contributed by atoms with van der Waals surface area (Å²) in [7, 11) is 3.06. The van der Waals surface area contributed by atoms with E-state index in [0.29, 0.717) is 17.2 Å². The molecule has 0 aromatic heterocycles. The van der Waals surface area contributed by atoms with Gasteiger partial charge >= 0.3 is 6.03 Å². The van der Waals surface area contributed by atoms with Gasteiger partial charge in [0.15, 0.2) is 11.5 Å². The van der Waals surface area contributed by atoms with Crippen molar-refractivity contribution in [3.8, 4) is 11.5 Å². The molecule has 2 rings (SSSR count). The Hall–Kier alpha value is -2.24. The van der Waals surface area contributed by atoms with Gasteiger partial charge in [-0.3, -0.25) is 10.1 Å². The zero-order chi connectivity index (χ0) is 15.9. The number of anilines is 1. The van der Waals surface area contributed by atoms with Crippen LogP contribution in [0, 0.1) is 5.92 Å². The van der Waals surface area contributed by atoms with Gasteiger partial charge in [-0.25, -0.2) is 4.79 Å². The van der Waals surface area contributed by atoms with Gasteiger partial charge in [0.25, 0.3) is 0 Å². The first-order valence-electron chi connectivity index (χ1n) is 7.48. The molecule has 0 saturated heterocycles. The minimum absolute atomic E-state index is 0.0510. The largest absolute Gasteiger partial charge is 0.493 e. The number of ether oxygens (including phenoxy) is 2. The average Bonchev–Trinajstić information content (AvgIpc) is 2.55. The Balaban J connectivity index is 1.92. The Morgan fingerprint density at radius 2 is 1.73 bits per heavy atom. The first kappa shape index (κ1) is 16.1. The molecule has 1 saturated carbocycles. The lowest BCUT2D eigenvalue weighted by molar-refractivity contribution is -0.124. The molecule has 6 heteroatoms. The molecule has 120 valence electrons. The lowest BCUT2D eigenvalue weighted by Gasteiger charge is -2.20. The Kier molecular flexibility index (Phi) is 5.63. The van der Waals surface area contributed by atoms with E-state index in [-0.39, 0.29) is 11.8 Å². The highest BCUT2D eigenvalue weighted by Crippen LogP contribution is 2.29. The second-order valence-electron chi connectivity index (χ2n) is 5.35. The standard InChI is InChI=1S/C16H22N2O4/c1-21-13-9-8-12(10-14(13)22-2)17-16(20)18-15(19)11-6-4-3-5-7-11/h8-11H,3-7H2,1-2H3,(H2,17,18,19,20). The number of carbonyl (C=O) groups excluding carboxylic acids is 2. The van der Waals surface area contributed by atoms with Crippen LogP contribution in [0.1, 0.15) is 32.1 Å². The van der Waals surface area contributed by atoms with E-state index in [2.05, 4.69) is 10.6 Å². The molecule has 1 aliphatic rings. The van der Waals surface area contributed by atoms with Crippen LogP contribution in [0.15, 0.2) is 18.2 Å². The fourth-order valence-electron chi connectivity index (χ4n) is 2.66. The number of rotatable bonds is 4. The molecule has 0 heterocycles. The van der Waals surface area contributed by atoms with Crippen LogP contribution in [-0.4, -0.2) is 26.2 Å². The van der Waals surface area contributed by atoms with Crippen LogP contribution in [0.3, 0.4) is 0 Å². The third kappa shape index (κ3) is 4.13. The molecule has 0 atom stereocenters. The summed E-state index contributed by atoms with van der Waals surface area (Å²) in [6.45, 7) is 0. The summed E-state index contributed by atoms with van der Waals surface area (Å²) in [5, 5.41) is 5.03. The number of imide groups is 1. The van der Waals surface area contributed by atoms with Crippen LogP contribution < -0.4 is 20.1 Å². The van der Waals surface area contributed by atoms with Gasteiger partial charge in [0.1, 0.15) is 0 Å². The fraction of sp³-hybridized carbons (Fsp3) is 0.500. The van der Waals surface area contributed by atoms with Gasteiger partial charge in [-0.15, -0.1) is 0 Å². The SMILES string of the molecule is COc1ccc(NC(=O)NC(=O)C2CCCCC2)cc1OC. The van der Waals surface area contributed by atoms with Crippen LogP contribution in [0.2, 0.25) is 0 Å². The number of methoxy groups -OCH3 is 2. The van der Waals surface area contributed by atoms with Crippen molar-refractivity contribution in [2.24, 2.45) is 5.92 Å². The van der Waals surface area contributed by atoms with Crippen molar-refractivity contribution in [3.05, 3.63) is 18.2 Å². The molecular weight excluding hydrogens is 284 g/mol. The maximum Gasteiger partial charge on any atom is 0.325 e. The predicted octanol–water partition coefficient (Wildman–Crippen LogP) is 2.93. The summed E-state index contributed by atoms with van der Waals surface area (Å²) in [5.74, 6) is 0.841. The van der Waals surface area contributed by atoms with Crippen molar-refractivity contribution >= 4 is 17.6 Å².